The molecular formula is C61H104O6. The Morgan fingerprint density at radius 1 is 0.313 bits per heavy atom. The third kappa shape index (κ3) is 53.4. The highest BCUT2D eigenvalue weighted by Gasteiger charge is 2.19. The Balaban J connectivity index is 4.43. The van der Waals surface area contributed by atoms with Crippen LogP contribution >= 0.6 is 0 Å². The van der Waals surface area contributed by atoms with Gasteiger partial charge in [-0.05, 0) is 116 Å². The first-order valence-corrected chi connectivity index (χ1v) is 28.1. The normalized spacial score (nSPS) is 12.3. The van der Waals surface area contributed by atoms with Crippen molar-refractivity contribution in [3.05, 3.63) is 85.1 Å². The van der Waals surface area contributed by atoms with E-state index in [-0.39, 0.29) is 31.1 Å². The molecule has 0 atom stereocenters. The van der Waals surface area contributed by atoms with Gasteiger partial charge in [0.25, 0.3) is 0 Å². The van der Waals surface area contributed by atoms with Gasteiger partial charge < -0.3 is 14.2 Å². The number of hydrogen-bond donors (Lipinski definition) is 0. The molecule has 6 heteroatoms. The number of rotatable bonds is 50. The largest absolute Gasteiger partial charge is 0.462 e. The number of unbranched alkanes of at least 4 members (excludes halogenated alkanes) is 25. The molecule has 0 amide bonds. The average Bonchev–Trinajstić information content (AvgIpc) is 3.33. The molecule has 0 saturated carbocycles. The lowest BCUT2D eigenvalue weighted by Gasteiger charge is -2.18. The molecule has 0 unspecified atom stereocenters. The van der Waals surface area contributed by atoms with Crippen molar-refractivity contribution in [2.45, 2.75) is 271 Å². The highest BCUT2D eigenvalue weighted by molar-refractivity contribution is 5.71. The number of allylic oxidation sites excluding steroid dienone is 14. The summed E-state index contributed by atoms with van der Waals surface area (Å²) >= 11 is 0. The molecule has 0 aliphatic rings. The van der Waals surface area contributed by atoms with Crippen LogP contribution in [0, 0.1) is 0 Å². The molecule has 6 nitrogen and oxygen atoms in total. The van der Waals surface area contributed by atoms with Crippen molar-refractivity contribution in [3.8, 4) is 0 Å². The minimum absolute atomic E-state index is 0.0906. The molecular weight excluding hydrogens is 829 g/mol. The van der Waals surface area contributed by atoms with E-state index in [2.05, 4.69) is 106 Å². The lowest BCUT2D eigenvalue weighted by molar-refractivity contribution is -0.167. The van der Waals surface area contributed by atoms with E-state index in [4.69, 9.17) is 14.2 Å². The minimum atomic E-state index is -0.793. The van der Waals surface area contributed by atoms with Crippen molar-refractivity contribution in [1.82, 2.24) is 0 Å². The molecule has 0 aliphatic carbocycles. The average molecular weight is 933 g/mol. The zero-order valence-electron chi connectivity index (χ0n) is 43.9. The number of carbonyl (C=O) groups is 3. The van der Waals surface area contributed by atoms with Crippen LogP contribution in [0.4, 0.5) is 0 Å². The van der Waals surface area contributed by atoms with Gasteiger partial charge in [0.15, 0.2) is 6.10 Å². The quantitative estimate of drug-likeness (QED) is 0.0262. The molecule has 0 heterocycles. The first kappa shape index (κ1) is 63.6. The first-order valence-electron chi connectivity index (χ1n) is 28.1. The van der Waals surface area contributed by atoms with Crippen LogP contribution in [0.5, 0.6) is 0 Å². The maximum atomic E-state index is 12.8. The summed E-state index contributed by atoms with van der Waals surface area (Å²) in [5.74, 6) is -0.919. The SMILES string of the molecule is CC/C=C/C/C=C/C/C=C/CCCCCCCC(=O)OC(COC(=O)CCCCCCCCC/C=C/C/C=C/CCCCC)COC(=O)CCCCCCCCC/C=C/C/C=C/CCCCC. The van der Waals surface area contributed by atoms with Crippen LogP contribution in [0.15, 0.2) is 85.1 Å². The second kappa shape index (κ2) is 55.2. The van der Waals surface area contributed by atoms with Gasteiger partial charge in [0.2, 0.25) is 0 Å². The third-order valence-corrected chi connectivity index (χ3v) is 11.9. The molecule has 0 aromatic carbocycles. The van der Waals surface area contributed by atoms with Crippen molar-refractivity contribution in [1.29, 1.82) is 0 Å². The highest BCUT2D eigenvalue weighted by atomic mass is 16.6. The number of ether oxygens (including phenoxy) is 3. The van der Waals surface area contributed by atoms with Crippen molar-refractivity contribution in [3.63, 3.8) is 0 Å². The number of hydrogen-bond acceptors (Lipinski definition) is 6. The molecule has 67 heavy (non-hydrogen) atoms. The molecule has 0 fully saturated rings. The van der Waals surface area contributed by atoms with Gasteiger partial charge in [-0.1, -0.05) is 215 Å². The summed E-state index contributed by atoms with van der Waals surface area (Å²) in [5, 5.41) is 0. The summed E-state index contributed by atoms with van der Waals surface area (Å²) in [7, 11) is 0. The van der Waals surface area contributed by atoms with Crippen LogP contribution in [0.2, 0.25) is 0 Å². The fraction of sp³-hybridized carbons (Fsp3) is 0.721. The molecule has 0 aromatic rings. The van der Waals surface area contributed by atoms with Gasteiger partial charge in [-0.2, -0.15) is 0 Å². The lowest BCUT2D eigenvalue weighted by Crippen LogP contribution is -2.30. The van der Waals surface area contributed by atoms with Crippen LogP contribution in [0.1, 0.15) is 265 Å². The van der Waals surface area contributed by atoms with E-state index in [0.717, 1.165) is 122 Å². The van der Waals surface area contributed by atoms with Crippen molar-refractivity contribution < 1.29 is 28.6 Å². The minimum Gasteiger partial charge on any atom is -0.462 e. The van der Waals surface area contributed by atoms with E-state index >= 15 is 0 Å². The number of esters is 3. The topological polar surface area (TPSA) is 78.9 Å². The fourth-order valence-electron chi connectivity index (χ4n) is 7.63. The Labute approximate surface area is 414 Å². The zero-order valence-corrected chi connectivity index (χ0v) is 43.9. The van der Waals surface area contributed by atoms with E-state index in [1.54, 1.807) is 0 Å². The molecule has 0 bridgehead atoms. The maximum absolute atomic E-state index is 12.8. The summed E-state index contributed by atoms with van der Waals surface area (Å²) in [6.07, 6.45) is 71.3. The smallest absolute Gasteiger partial charge is 0.306 e. The maximum Gasteiger partial charge on any atom is 0.306 e. The van der Waals surface area contributed by atoms with E-state index in [1.807, 2.05) is 0 Å². The molecule has 0 aliphatic heterocycles. The van der Waals surface area contributed by atoms with Crippen molar-refractivity contribution in [2.75, 3.05) is 13.2 Å². The molecule has 0 rings (SSSR count). The molecule has 0 saturated heterocycles. The van der Waals surface area contributed by atoms with Gasteiger partial charge in [0.05, 0.1) is 0 Å². The van der Waals surface area contributed by atoms with Crippen LogP contribution in [0.3, 0.4) is 0 Å². The second-order valence-electron chi connectivity index (χ2n) is 18.5. The van der Waals surface area contributed by atoms with Gasteiger partial charge in [0, 0.05) is 19.3 Å². The molecule has 0 aromatic heterocycles. The summed E-state index contributed by atoms with van der Waals surface area (Å²) in [5.41, 5.74) is 0. The van der Waals surface area contributed by atoms with Gasteiger partial charge in [0.1, 0.15) is 13.2 Å². The summed E-state index contributed by atoms with van der Waals surface area (Å²) in [6, 6.07) is 0. The molecule has 0 radical (unpaired) electrons. The Bertz CT molecular complexity index is 1240. The van der Waals surface area contributed by atoms with Gasteiger partial charge >= 0.3 is 17.9 Å². The van der Waals surface area contributed by atoms with E-state index in [0.29, 0.717) is 19.3 Å². The molecule has 0 spiro atoms. The summed E-state index contributed by atoms with van der Waals surface area (Å²) < 4.78 is 16.8. The van der Waals surface area contributed by atoms with E-state index < -0.39 is 6.10 Å². The van der Waals surface area contributed by atoms with E-state index in [9.17, 15) is 14.4 Å². The third-order valence-electron chi connectivity index (χ3n) is 11.9. The summed E-state index contributed by atoms with van der Waals surface area (Å²) in [4.78, 5) is 38.1. The van der Waals surface area contributed by atoms with Crippen molar-refractivity contribution >= 4 is 17.9 Å². The monoisotopic (exact) mass is 933 g/mol. The Kier molecular flexibility index (Phi) is 52.4. The zero-order chi connectivity index (χ0) is 48.6. The van der Waals surface area contributed by atoms with Gasteiger partial charge in [-0.3, -0.25) is 14.4 Å². The summed E-state index contributed by atoms with van der Waals surface area (Å²) in [6.45, 7) is 6.46. The first-order chi connectivity index (χ1) is 33.0. The second-order valence-corrected chi connectivity index (χ2v) is 18.5. The standard InChI is InChI=1S/C61H104O6/c1-4-7-10-13-16-19-22-25-28-30-33-35-38-41-44-47-50-53-59(62)65-56-58(67-61(64)55-52-49-46-43-40-37-32-27-24-21-18-15-12-9-6-3)57-66-60(63)54-51-48-45-42-39-36-34-31-29-26-23-20-17-14-11-8-5-2/h9,12,16-21,25-29,32,58H,4-8,10-11,13-15,22-24,30-31,33-57H2,1-3H3/b12-9+,19-16+,20-17+,21-18+,28-25+,29-26+,32-27+. The van der Waals surface area contributed by atoms with Crippen molar-refractivity contribution in [2.24, 2.45) is 0 Å². The van der Waals surface area contributed by atoms with Crippen LogP contribution in [-0.4, -0.2) is 37.2 Å². The van der Waals surface area contributed by atoms with Gasteiger partial charge in [-0.15, -0.1) is 0 Å². The number of carbonyl (C=O) groups excluding carboxylic acids is 3. The lowest BCUT2D eigenvalue weighted by atomic mass is 10.1. The molecule has 0 N–H and O–H groups in total. The molecule has 384 valence electrons. The predicted octanol–water partition coefficient (Wildman–Crippen LogP) is 18.8. The predicted molar refractivity (Wildman–Crippen MR) is 288 cm³/mol. The van der Waals surface area contributed by atoms with Crippen LogP contribution in [0.25, 0.3) is 0 Å². The highest BCUT2D eigenvalue weighted by Crippen LogP contribution is 2.14. The van der Waals surface area contributed by atoms with Gasteiger partial charge in [-0.25, -0.2) is 0 Å². The van der Waals surface area contributed by atoms with Crippen LogP contribution < -0.4 is 0 Å². The van der Waals surface area contributed by atoms with Crippen LogP contribution in [-0.2, 0) is 28.6 Å². The fourth-order valence-corrected chi connectivity index (χ4v) is 7.63. The Morgan fingerprint density at radius 2 is 0.582 bits per heavy atom. The van der Waals surface area contributed by atoms with E-state index in [1.165, 1.54) is 103 Å². The Hall–Kier alpha value is -3.41. The Morgan fingerprint density at radius 3 is 0.910 bits per heavy atom.